The van der Waals surface area contributed by atoms with Crippen LogP contribution in [0.25, 0.3) is 0 Å². The Bertz CT molecular complexity index is 574. The predicted molar refractivity (Wildman–Crippen MR) is 58.9 cm³/mol. The number of carbonyl (C=O) groups is 4. The number of Topliss-reactive ketones (excluding diaryl/α,β-unsaturated/α-hetero) is 2. The van der Waals surface area contributed by atoms with Gasteiger partial charge in [0.2, 0.25) is 5.91 Å². The van der Waals surface area contributed by atoms with Gasteiger partial charge in [-0.25, -0.2) is 4.90 Å². The number of amides is 2. The lowest BCUT2D eigenvalue weighted by Gasteiger charge is -2.11. The molecule has 86 valence electrons. The van der Waals surface area contributed by atoms with E-state index < -0.39 is 17.6 Å². The fourth-order valence-corrected chi connectivity index (χ4v) is 1.89. The summed E-state index contributed by atoms with van der Waals surface area (Å²) in [5.74, 6) is -2.56. The highest BCUT2D eigenvalue weighted by Gasteiger charge is 2.40. The third kappa shape index (κ3) is 1.47. The fraction of sp³-hybridized carbons (Fsp3) is 0.167. The monoisotopic (exact) mass is 231 g/mol. The number of benzene rings is 1. The van der Waals surface area contributed by atoms with Gasteiger partial charge in [0.1, 0.15) is 0 Å². The molecule has 2 amide bonds. The van der Waals surface area contributed by atoms with Crippen LogP contribution in [0, 0.1) is 0 Å². The zero-order valence-electron chi connectivity index (χ0n) is 9.31. The first-order valence-corrected chi connectivity index (χ1v) is 4.98. The summed E-state index contributed by atoms with van der Waals surface area (Å²) in [4.78, 5) is 46.8. The van der Waals surface area contributed by atoms with Crippen LogP contribution >= 0.6 is 0 Å². The van der Waals surface area contributed by atoms with E-state index in [-0.39, 0.29) is 22.6 Å². The maximum atomic E-state index is 11.7. The van der Waals surface area contributed by atoms with Crippen molar-refractivity contribution in [3.8, 4) is 0 Å². The van der Waals surface area contributed by atoms with E-state index >= 15 is 0 Å². The topological polar surface area (TPSA) is 71.5 Å². The van der Waals surface area contributed by atoms with Crippen molar-refractivity contribution < 1.29 is 19.2 Å². The summed E-state index contributed by atoms with van der Waals surface area (Å²) in [6, 6.07) is 4.49. The molecule has 1 aromatic carbocycles. The molecule has 0 unspecified atom stereocenters. The summed E-state index contributed by atoms with van der Waals surface area (Å²) in [5, 5.41) is 0. The largest absolute Gasteiger partial charge is 0.306 e. The molecular weight excluding hydrogens is 222 g/mol. The molecule has 0 aliphatic carbocycles. The van der Waals surface area contributed by atoms with Crippen LogP contribution < -0.4 is 4.90 Å². The maximum absolute atomic E-state index is 11.7. The molecule has 0 N–H and O–H groups in total. The van der Waals surface area contributed by atoms with Crippen molar-refractivity contribution in [3.05, 3.63) is 29.3 Å². The molecule has 0 saturated heterocycles. The Morgan fingerprint density at radius 2 is 1.76 bits per heavy atom. The molecule has 0 saturated carbocycles. The quantitative estimate of drug-likeness (QED) is 0.533. The van der Waals surface area contributed by atoms with Crippen LogP contribution in [0.1, 0.15) is 34.6 Å². The number of hydrogen-bond acceptors (Lipinski definition) is 4. The third-order valence-electron chi connectivity index (χ3n) is 2.60. The van der Waals surface area contributed by atoms with Gasteiger partial charge < -0.3 is 0 Å². The van der Waals surface area contributed by atoms with E-state index in [1.807, 2.05) is 0 Å². The van der Waals surface area contributed by atoms with Gasteiger partial charge in [0, 0.05) is 12.5 Å². The summed E-state index contributed by atoms with van der Waals surface area (Å²) in [6.07, 6.45) is 0. The van der Waals surface area contributed by atoms with Crippen molar-refractivity contribution in [1.82, 2.24) is 0 Å². The lowest BCUT2D eigenvalue weighted by molar-refractivity contribution is -0.122. The first-order valence-electron chi connectivity index (χ1n) is 4.98. The molecule has 2 rings (SSSR count). The molecular formula is C12H9NO4. The lowest BCUT2D eigenvalue weighted by Crippen LogP contribution is -2.33. The van der Waals surface area contributed by atoms with Gasteiger partial charge in [-0.3, -0.25) is 19.2 Å². The maximum Gasteiger partial charge on any atom is 0.306 e. The molecule has 0 spiro atoms. The normalized spacial score (nSPS) is 13.9. The van der Waals surface area contributed by atoms with Gasteiger partial charge in [-0.1, -0.05) is 12.1 Å². The molecule has 0 radical (unpaired) electrons. The first kappa shape index (κ1) is 11.2. The van der Waals surface area contributed by atoms with Crippen molar-refractivity contribution in [1.29, 1.82) is 0 Å². The van der Waals surface area contributed by atoms with E-state index in [4.69, 9.17) is 0 Å². The molecule has 0 aromatic heterocycles. The highest BCUT2D eigenvalue weighted by molar-refractivity contribution is 6.57. The highest BCUT2D eigenvalue weighted by atomic mass is 16.2. The van der Waals surface area contributed by atoms with Crippen LogP contribution in [0.4, 0.5) is 5.69 Å². The Balaban J connectivity index is 2.74. The van der Waals surface area contributed by atoms with Crippen LogP contribution in [0.2, 0.25) is 0 Å². The number of ketones is 2. The smallest absolute Gasteiger partial charge is 0.294 e. The molecule has 5 heteroatoms. The SMILES string of the molecule is CC(=O)c1cccc2c1C(=O)C(=O)N2C(C)=O. The number of carbonyl (C=O) groups excluding carboxylic acids is 4. The number of hydrogen-bond donors (Lipinski definition) is 0. The number of imide groups is 1. The van der Waals surface area contributed by atoms with E-state index in [0.717, 1.165) is 4.90 Å². The minimum atomic E-state index is -0.902. The minimum Gasteiger partial charge on any atom is -0.294 e. The molecule has 1 aromatic rings. The van der Waals surface area contributed by atoms with Crippen LogP contribution in [0.5, 0.6) is 0 Å². The molecule has 0 atom stereocenters. The molecule has 17 heavy (non-hydrogen) atoms. The van der Waals surface area contributed by atoms with Gasteiger partial charge in [-0.05, 0) is 13.0 Å². The van der Waals surface area contributed by atoms with Gasteiger partial charge in [0.05, 0.1) is 11.3 Å². The second-order valence-electron chi connectivity index (χ2n) is 3.74. The van der Waals surface area contributed by atoms with Gasteiger partial charge in [0.25, 0.3) is 5.78 Å². The van der Waals surface area contributed by atoms with Crippen molar-refractivity contribution in [3.63, 3.8) is 0 Å². The molecule has 1 aliphatic heterocycles. The van der Waals surface area contributed by atoms with Gasteiger partial charge >= 0.3 is 5.91 Å². The average Bonchev–Trinajstić information content (AvgIpc) is 2.51. The summed E-state index contributed by atoms with van der Waals surface area (Å²) in [7, 11) is 0. The molecule has 0 fully saturated rings. The van der Waals surface area contributed by atoms with Crippen molar-refractivity contribution in [2.24, 2.45) is 0 Å². The Morgan fingerprint density at radius 1 is 1.12 bits per heavy atom. The van der Waals surface area contributed by atoms with Crippen molar-refractivity contribution in [2.75, 3.05) is 4.90 Å². The predicted octanol–water partition coefficient (Wildman–Crippen LogP) is 0.965. The molecule has 1 aliphatic rings. The van der Waals surface area contributed by atoms with Crippen LogP contribution in [-0.2, 0) is 9.59 Å². The summed E-state index contributed by atoms with van der Waals surface area (Å²) in [6.45, 7) is 2.50. The number of fused-ring (bicyclic) bond motifs is 1. The standard InChI is InChI=1S/C12H9NO4/c1-6(14)8-4-3-5-9-10(8)11(16)12(17)13(9)7(2)15/h3-5H,1-2H3. The summed E-state index contributed by atoms with van der Waals surface area (Å²) < 4.78 is 0. The van der Waals surface area contributed by atoms with Gasteiger partial charge in [-0.15, -0.1) is 0 Å². The number of anilines is 1. The molecule has 0 bridgehead atoms. The Morgan fingerprint density at radius 3 is 2.29 bits per heavy atom. The summed E-state index contributed by atoms with van der Waals surface area (Å²) >= 11 is 0. The van der Waals surface area contributed by atoms with E-state index in [2.05, 4.69) is 0 Å². The fourth-order valence-electron chi connectivity index (χ4n) is 1.89. The third-order valence-corrected chi connectivity index (χ3v) is 2.60. The second kappa shape index (κ2) is 3.62. The zero-order valence-corrected chi connectivity index (χ0v) is 9.31. The highest BCUT2D eigenvalue weighted by Crippen LogP contribution is 2.31. The van der Waals surface area contributed by atoms with E-state index in [1.54, 1.807) is 0 Å². The number of nitrogens with zero attached hydrogens (tertiary/aromatic N) is 1. The molecule has 1 heterocycles. The Labute approximate surface area is 97.0 Å². The van der Waals surface area contributed by atoms with E-state index in [1.165, 1.54) is 32.0 Å². The van der Waals surface area contributed by atoms with Gasteiger partial charge in [0.15, 0.2) is 5.78 Å². The van der Waals surface area contributed by atoms with E-state index in [0.29, 0.717) is 0 Å². The second-order valence-corrected chi connectivity index (χ2v) is 3.74. The molecule has 5 nitrogen and oxygen atoms in total. The Hall–Kier alpha value is -2.30. The van der Waals surface area contributed by atoms with Crippen molar-refractivity contribution >= 4 is 29.1 Å². The van der Waals surface area contributed by atoms with Crippen LogP contribution in [-0.4, -0.2) is 23.4 Å². The minimum absolute atomic E-state index is 0.0280. The average molecular weight is 231 g/mol. The number of rotatable bonds is 1. The Kier molecular flexibility index (Phi) is 2.38. The van der Waals surface area contributed by atoms with E-state index in [9.17, 15) is 19.2 Å². The van der Waals surface area contributed by atoms with Crippen molar-refractivity contribution in [2.45, 2.75) is 13.8 Å². The van der Waals surface area contributed by atoms with Crippen LogP contribution in [0.15, 0.2) is 18.2 Å². The lowest BCUT2D eigenvalue weighted by atomic mass is 10.0. The zero-order chi connectivity index (χ0) is 12.7. The van der Waals surface area contributed by atoms with Crippen LogP contribution in [0.3, 0.4) is 0 Å². The van der Waals surface area contributed by atoms with Gasteiger partial charge in [-0.2, -0.15) is 0 Å². The summed E-state index contributed by atoms with van der Waals surface area (Å²) in [5.41, 5.74) is 0.394. The first-order chi connectivity index (χ1) is 7.95.